The maximum absolute atomic E-state index is 4.18. The summed E-state index contributed by atoms with van der Waals surface area (Å²) in [6.45, 7) is 0. The third-order valence-corrected chi connectivity index (χ3v) is 2.09. The van der Waals surface area contributed by atoms with E-state index in [1.807, 2.05) is 0 Å². The summed E-state index contributed by atoms with van der Waals surface area (Å²) >= 11 is 0. The van der Waals surface area contributed by atoms with Gasteiger partial charge in [-0.2, -0.15) is 0 Å². The van der Waals surface area contributed by atoms with Crippen molar-refractivity contribution in [3.05, 3.63) is 37.2 Å². The second-order valence-electron chi connectivity index (χ2n) is 3.07. The van der Waals surface area contributed by atoms with Crippen molar-refractivity contribution in [1.29, 1.82) is 0 Å². The van der Waals surface area contributed by atoms with Crippen molar-refractivity contribution in [3.8, 4) is 0 Å². The van der Waals surface area contributed by atoms with E-state index < -0.39 is 0 Å². The lowest BCUT2D eigenvalue weighted by Gasteiger charge is -2.15. The largest absolute Gasteiger partial charge is 0.330 e. The van der Waals surface area contributed by atoms with Gasteiger partial charge in [0.2, 0.25) is 17.8 Å². The van der Waals surface area contributed by atoms with Crippen LogP contribution < -0.4 is 4.90 Å². The molecule has 16 heavy (non-hydrogen) atoms. The Morgan fingerprint density at radius 2 is 1.06 bits per heavy atom. The summed E-state index contributed by atoms with van der Waals surface area (Å²) in [7, 11) is 0. The lowest BCUT2D eigenvalue weighted by atomic mass is 10.7. The van der Waals surface area contributed by atoms with E-state index in [2.05, 4.69) is 29.9 Å². The number of nitrogens with one attached hydrogen (secondary N) is 3. The molecule has 0 fully saturated rings. The molecular weight excluding hydrogens is 206 g/mol. The predicted molar refractivity (Wildman–Crippen MR) is 57.6 cm³/mol. The van der Waals surface area contributed by atoms with Crippen LogP contribution >= 0.6 is 0 Å². The number of anilines is 3. The lowest BCUT2D eigenvalue weighted by molar-refractivity contribution is 1.02. The number of aromatic nitrogens is 6. The molecule has 3 aromatic heterocycles. The molecule has 0 atom stereocenters. The molecule has 0 aliphatic heterocycles. The lowest BCUT2D eigenvalue weighted by Crippen LogP contribution is -2.14. The van der Waals surface area contributed by atoms with Gasteiger partial charge in [-0.25, -0.2) is 19.9 Å². The number of hydrogen-bond donors (Lipinski definition) is 3. The van der Waals surface area contributed by atoms with Crippen LogP contribution in [0.1, 0.15) is 0 Å². The van der Waals surface area contributed by atoms with Gasteiger partial charge in [0, 0.05) is 37.2 Å². The van der Waals surface area contributed by atoms with Gasteiger partial charge in [0.1, 0.15) is 0 Å². The summed E-state index contributed by atoms with van der Waals surface area (Å²) in [6.07, 6.45) is 10.3. The van der Waals surface area contributed by atoms with Gasteiger partial charge in [-0.3, -0.25) is 0 Å². The summed E-state index contributed by atoms with van der Waals surface area (Å²) in [6, 6.07) is 0. The van der Waals surface area contributed by atoms with E-state index in [0.717, 1.165) is 0 Å². The number of H-pyrrole nitrogens is 3. The Kier molecular flexibility index (Phi) is 1.93. The van der Waals surface area contributed by atoms with Crippen molar-refractivity contribution in [2.45, 2.75) is 0 Å². The predicted octanol–water partition coefficient (Wildman–Crippen LogP) is 1.33. The fraction of sp³-hybridized carbons (Fsp3) is 0. The van der Waals surface area contributed by atoms with Gasteiger partial charge in [0.15, 0.2) is 0 Å². The van der Waals surface area contributed by atoms with Gasteiger partial charge < -0.3 is 15.0 Å². The minimum absolute atomic E-state index is 0.643. The Morgan fingerprint density at radius 3 is 1.31 bits per heavy atom. The summed E-state index contributed by atoms with van der Waals surface area (Å²) in [4.78, 5) is 23.3. The van der Waals surface area contributed by atoms with Gasteiger partial charge in [0.25, 0.3) is 0 Å². The molecule has 80 valence electrons. The molecule has 0 radical (unpaired) electrons. The Labute approximate surface area is 90.6 Å². The smallest absolute Gasteiger partial charge is 0.216 e. The highest BCUT2D eigenvalue weighted by atomic mass is 15.4. The van der Waals surface area contributed by atoms with Crippen LogP contribution in [0.15, 0.2) is 37.2 Å². The maximum Gasteiger partial charge on any atom is 0.216 e. The van der Waals surface area contributed by atoms with Crippen molar-refractivity contribution in [2.75, 3.05) is 4.90 Å². The standard InChI is InChI=1S/C9H9N7/c1-2-11-7(10-1)16(8-12-3-4-13-8)9-14-5-6-15-9/h1-6H,(H,10,11)(H,12,13)(H,14,15). The average Bonchev–Trinajstić information content (AvgIpc) is 3.02. The SMILES string of the molecule is c1c[nH]c(N(c2ncc[nH]2)c2ncc[nH]2)n1. The molecule has 0 saturated heterocycles. The van der Waals surface area contributed by atoms with Crippen LogP contribution in [0.3, 0.4) is 0 Å². The zero-order valence-electron chi connectivity index (χ0n) is 8.25. The molecule has 7 heteroatoms. The zero-order chi connectivity index (χ0) is 10.8. The molecule has 0 unspecified atom stereocenters. The highest BCUT2D eigenvalue weighted by Gasteiger charge is 2.17. The van der Waals surface area contributed by atoms with E-state index >= 15 is 0 Å². The van der Waals surface area contributed by atoms with Gasteiger partial charge >= 0.3 is 0 Å². The minimum Gasteiger partial charge on any atom is -0.330 e. The van der Waals surface area contributed by atoms with Crippen molar-refractivity contribution in [2.24, 2.45) is 0 Å². The number of rotatable bonds is 3. The molecule has 3 heterocycles. The van der Waals surface area contributed by atoms with Crippen LogP contribution in [-0.4, -0.2) is 29.9 Å². The fourth-order valence-electron chi connectivity index (χ4n) is 1.44. The first-order valence-electron chi connectivity index (χ1n) is 4.73. The number of nitrogens with zero attached hydrogens (tertiary/aromatic N) is 4. The summed E-state index contributed by atoms with van der Waals surface area (Å²) in [5.41, 5.74) is 0. The number of aromatic amines is 3. The van der Waals surface area contributed by atoms with E-state index in [-0.39, 0.29) is 0 Å². The average molecular weight is 215 g/mol. The van der Waals surface area contributed by atoms with Crippen LogP contribution in [0.25, 0.3) is 0 Å². The number of hydrogen-bond acceptors (Lipinski definition) is 4. The molecule has 0 saturated carbocycles. The molecule has 3 rings (SSSR count). The molecule has 0 aromatic carbocycles. The van der Waals surface area contributed by atoms with Crippen LogP contribution in [-0.2, 0) is 0 Å². The first-order valence-corrected chi connectivity index (χ1v) is 4.73. The molecule has 7 nitrogen and oxygen atoms in total. The molecule has 0 aliphatic carbocycles. The maximum atomic E-state index is 4.18. The van der Waals surface area contributed by atoms with Crippen molar-refractivity contribution < 1.29 is 0 Å². The summed E-state index contributed by atoms with van der Waals surface area (Å²) < 4.78 is 0. The number of imidazole rings is 3. The molecule has 0 bridgehead atoms. The first-order chi connectivity index (χ1) is 7.95. The van der Waals surface area contributed by atoms with E-state index in [1.165, 1.54) is 0 Å². The Balaban J connectivity index is 2.09. The van der Waals surface area contributed by atoms with E-state index in [0.29, 0.717) is 17.8 Å². The van der Waals surface area contributed by atoms with E-state index in [9.17, 15) is 0 Å². The van der Waals surface area contributed by atoms with Crippen LogP contribution in [0.5, 0.6) is 0 Å². The Bertz CT molecular complexity index is 441. The van der Waals surface area contributed by atoms with Crippen molar-refractivity contribution in [3.63, 3.8) is 0 Å². The Hall–Kier alpha value is -2.57. The third kappa shape index (κ3) is 1.34. The second-order valence-corrected chi connectivity index (χ2v) is 3.07. The second kappa shape index (κ2) is 3.54. The minimum atomic E-state index is 0.643. The van der Waals surface area contributed by atoms with Gasteiger partial charge in [-0.1, -0.05) is 0 Å². The van der Waals surface area contributed by atoms with E-state index in [4.69, 9.17) is 0 Å². The van der Waals surface area contributed by atoms with Crippen LogP contribution in [0, 0.1) is 0 Å². The van der Waals surface area contributed by atoms with Crippen molar-refractivity contribution >= 4 is 17.8 Å². The molecule has 3 aromatic rings. The topological polar surface area (TPSA) is 89.3 Å². The molecule has 0 amide bonds. The van der Waals surface area contributed by atoms with E-state index in [1.54, 1.807) is 42.1 Å². The normalized spacial score (nSPS) is 10.5. The van der Waals surface area contributed by atoms with Crippen LogP contribution in [0.2, 0.25) is 0 Å². The summed E-state index contributed by atoms with van der Waals surface area (Å²) in [5, 5.41) is 0. The monoisotopic (exact) mass is 215 g/mol. The molecular formula is C9H9N7. The Morgan fingerprint density at radius 1 is 0.688 bits per heavy atom. The molecule has 0 spiro atoms. The van der Waals surface area contributed by atoms with Crippen molar-refractivity contribution in [1.82, 2.24) is 29.9 Å². The summed E-state index contributed by atoms with van der Waals surface area (Å²) in [5.74, 6) is 1.93. The quantitative estimate of drug-likeness (QED) is 0.614. The highest BCUT2D eigenvalue weighted by Crippen LogP contribution is 2.24. The third-order valence-electron chi connectivity index (χ3n) is 2.09. The molecule has 3 N–H and O–H groups in total. The fourth-order valence-corrected chi connectivity index (χ4v) is 1.44. The van der Waals surface area contributed by atoms with Gasteiger partial charge in [-0.15, -0.1) is 0 Å². The van der Waals surface area contributed by atoms with Crippen LogP contribution in [0.4, 0.5) is 17.8 Å². The van der Waals surface area contributed by atoms with Gasteiger partial charge in [0.05, 0.1) is 0 Å². The highest BCUT2D eigenvalue weighted by molar-refractivity contribution is 5.61. The zero-order valence-corrected chi connectivity index (χ0v) is 8.25. The first kappa shape index (κ1) is 8.72. The molecule has 0 aliphatic rings. The van der Waals surface area contributed by atoms with Gasteiger partial charge in [-0.05, 0) is 0 Å².